The number of halogens is 4. The number of hydrogen-bond acceptors (Lipinski definition) is 7. The van der Waals surface area contributed by atoms with Crippen LogP contribution in [0, 0.1) is 12.3 Å². The molecule has 0 saturated carbocycles. The molecule has 12 heteroatoms. The Hall–Kier alpha value is -4.01. The summed E-state index contributed by atoms with van der Waals surface area (Å²) in [6.07, 6.45) is 1.72. The summed E-state index contributed by atoms with van der Waals surface area (Å²) in [5, 5.41) is 0.326. The number of terminal acetylenes is 1. The van der Waals surface area contributed by atoms with E-state index in [1.54, 1.807) is 18.2 Å². The monoisotopic (exact) mass is 576 g/mol. The second-order valence-electron chi connectivity index (χ2n) is 8.02. The van der Waals surface area contributed by atoms with E-state index < -0.39 is 35.0 Å². The lowest BCUT2D eigenvalue weighted by molar-refractivity contribution is -0.140. The maximum Gasteiger partial charge on any atom is 0.434 e. The highest BCUT2D eigenvalue weighted by Crippen LogP contribution is 2.38. The van der Waals surface area contributed by atoms with Gasteiger partial charge in [0.05, 0.1) is 29.9 Å². The Morgan fingerprint density at radius 1 is 1.23 bits per heavy atom. The van der Waals surface area contributed by atoms with Crippen molar-refractivity contribution in [1.82, 2.24) is 4.57 Å². The number of carbonyl (C=O) groups is 1. The zero-order valence-corrected chi connectivity index (χ0v) is 22.1. The maximum atomic E-state index is 14.2. The minimum atomic E-state index is -5.00. The first kappa shape index (κ1) is 28.0. The van der Waals surface area contributed by atoms with Crippen LogP contribution in [0.15, 0.2) is 63.5 Å². The topological polar surface area (TPSA) is 79.1 Å². The van der Waals surface area contributed by atoms with Crippen LogP contribution in [0.4, 0.5) is 13.2 Å². The Balaban J connectivity index is 1.96. The average Bonchev–Trinajstić information content (AvgIpc) is 3.21. The predicted molar refractivity (Wildman–Crippen MR) is 140 cm³/mol. The van der Waals surface area contributed by atoms with Gasteiger partial charge >= 0.3 is 12.1 Å². The lowest BCUT2D eigenvalue weighted by Crippen LogP contribution is -2.41. The molecule has 0 radical (unpaired) electrons. The molecule has 1 aliphatic heterocycles. The van der Waals surface area contributed by atoms with Gasteiger partial charge < -0.3 is 14.2 Å². The Kier molecular flexibility index (Phi) is 8.18. The lowest BCUT2D eigenvalue weighted by atomic mass is 9.95. The first-order valence-electron chi connectivity index (χ1n) is 11.4. The average molecular weight is 577 g/mol. The van der Waals surface area contributed by atoms with Gasteiger partial charge in [-0.05, 0) is 48.4 Å². The number of rotatable bonds is 7. The number of thiazole rings is 1. The zero-order chi connectivity index (χ0) is 28.3. The molecule has 3 aromatic rings. The van der Waals surface area contributed by atoms with Gasteiger partial charge in [0.25, 0.3) is 5.56 Å². The number of ether oxygens (including phenoxy) is 3. The van der Waals surface area contributed by atoms with E-state index in [0.29, 0.717) is 22.1 Å². The van der Waals surface area contributed by atoms with Gasteiger partial charge in [0, 0.05) is 5.02 Å². The van der Waals surface area contributed by atoms with Crippen LogP contribution in [-0.4, -0.2) is 37.0 Å². The van der Waals surface area contributed by atoms with Crippen molar-refractivity contribution in [2.45, 2.75) is 19.1 Å². The van der Waals surface area contributed by atoms with E-state index in [9.17, 15) is 22.8 Å². The molecule has 0 unspecified atom stereocenters. The predicted octanol–water partition coefficient (Wildman–Crippen LogP) is 4.01. The summed E-state index contributed by atoms with van der Waals surface area (Å²) in [5.74, 6) is 1.84. The van der Waals surface area contributed by atoms with E-state index >= 15 is 0 Å². The number of nitrogens with zero attached hydrogens (tertiary/aromatic N) is 2. The van der Waals surface area contributed by atoms with Crippen molar-refractivity contribution in [3.63, 3.8) is 0 Å². The van der Waals surface area contributed by atoms with Crippen molar-refractivity contribution in [2.75, 3.05) is 20.3 Å². The SMILES string of the molecule is C#CCOc1ccc(/C=c2\sc3n(c2=O)[C@@H](c2ccc(Cl)cc2)C(C(=O)OCC)=C(C(F)(F)F)N=3)cc1OC. The van der Waals surface area contributed by atoms with Crippen molar-refractivity contribution in [3.8, 4) is 23.8 Å². The highest BCUT2D eigenvalue weighted by Gasteiger charge is 2.45. The van der Waals surface area contributed by atoms with E-state index in [1.165, 1.54) is 44.4 Å². The summed E-state index contributed by atoms with van der Waals surface area (Å²) in [7, 11) is 1.43. The Morgan fingerprint density at radius 2 is 1.95 bits per heavy atom. The number of allylic oxidation sites excluding steroid dienone is 1. The van der Waals surface area contributed by atoms with Crippen LogP contribution in [-0.2, 0) is 9.53 Å². The standard InChI is InChI=1S/C27H20ClF3N2O5S/c1-4-12-38-18-11-6-15(13-19(18)36-3)14-20-24(34)33-22(16-7-9-17(28)10-8-16)21(25(35)37-5-2)23(27(29,30)31)32-26(33)39-20/h1,6-11,13-14,22H,5,12H2,2-3H3/b20-14-/t22-/m0/s1. The van der Waals surface area contributed by atoms with Crippen LogP contribution in [0.2, 0.25) is 5.02 Å². The fourth-order valence-electron chi connectivity index (χ4n) is 3.96. The number of benzene rings is 2. The van der Waals surface area contributed by atoms with Crippen LogP contribution in [0.25, 0.3) is 6.08 Å². The molecule has 0 saturated heterocycles. The molecule has 0 fully saturated rings. The number of alkyl halides is 3. The molecule has 1 atom stereocenters. The number of aromatic nitrogens is 1. The van der Waals surface area contributed by atoms with Crippen LogP contribution in [0.1, 0.15) is 24.1 Å². The van der Waals surface area contributed by atoms with Crippen LogP contribution in [0.3, 0.4) is 0 Å². The minimum Gasteiger partial charge on any atom is -0.493 e. The van der Waals surface area contributed by atoms with E-state index in [0.717, 1.165) is 15.9 Å². The number of methoxy groups -OCH3 is 1. The summed E-state index contributed by atoms with van der Waals surface area (Å²) >= 11 is 6.74. The number of carbonyl (C=O) groups excluding carboxylic acids is 1. The third-order valence-electron chi connectivity index (χ3n) is 5.58. The Bertz CT molecular complexity index is 1670. The van der Waals surface area contributed by atoms with Gasteiger partial charge in [-0.15, -0.1) is 6.42 Å². The summed E-state index contributed by atoms with van der Waals surface area (Å²) in [4.78, 5) is 30.0. The number of hydrogen-bond donors (Lipinski definition) is 0. The summed E-state index contributed by atoms with van der Waals surface area (Å²) in [6.45, 7) is 1.31. The van der Waals surface area contributed by atoms with Gasteiger partial charge in [0.2, 0.25) is 0 Å². The molecule has 0 N–H and O–H groups in total. The molecule has 4 rings (SSSR count). The van der Waals surface area contributed by atoms with E-state index in [4.69, 9.17) is 32.2 Å². The summed E-state index contributed by atoms with van der Waals surface area (Å²) < 4.78 is 59.4. The van der Waals surface area contributed by atoms with Crippen molar-refractivity contribution >= 4 is 35.0 Å². The smallest absolute Gasteiger partial charge is 0.434 e. The highest BCUT2D eigenvalue weighted by molar-refractivity contribution is 7.07. The van der Waals surface area contributed by atoms with Gasteiger partial charge in [0.1, 0.15) is 6.61 Å². The maximum absolute atomic E-state index is 14.2. The third-order valence-corrected chi connectivity index (χ3v) is 6.81. The normalized spacial score (nSPS) is 15.3. The van der Waals surface area contributed by atoms with Gasteiger partial charge in [0.15, 0.2) is 22.0 Å². The van der Waals surface area contributed by atoms with Crippen LogP contribution in [0.5, 0.6) is 11.5 Å². The van der Waals surface area contributed by atoms with Crippen molar-refractivity contribution in [2.24, 2.45) is 4.99 Å². The third kappa shape index (κ3) is 5.72. The first-order chi connectivity index (χ1) is 18.6. The lowest BCUT2D eigenvalue weighted by Gasteiger charge is -2.26. The van der Waals surface area contributed by atoms with E-state index in [1.807, 2.05) is 0 Å². The molecule has 0 aliphatic carbocycles. The minimum absolute atomic E-state index is 0.0172. The van der Waals surface area contributed by atoms with Gasteiger partial charge in [-0.2, -0.15) is 13.2 Å². The highest BCUT2D eigenvalue weighted by atomic mass is 35.5. The van der Waals surface area contributed by atoms with Crippen LogP contribution >= 0.6 is 22.9 Å². The molecule has 0 spiro atoms. The molecule has 0 amide bonds. The van der Waals surface area contributed by atoms with Crippen LogP contribution < -0.4 is 24.4 Å². The molecular weight excluding hydrogens is 557 g/mol. The fraction of sp³-hybridized carbons (Fsp3) is 0.222. The zero-order valence-electron chi connectivity index (χ0n) is 20.5. The van der Waals surface area contributed by atoms with Crippen molar-refractivity contribution in [3.05, 3.63) is 89.6 Å². The Labute approximate surface area is 229 Å². The second-order valence-corrected chi connectivity index (χ2v) is 9.46. The number of esters is 1. The summed E-state index contributed by atoms with van der Waals surface area (Å²) in [5.41, 5.74) is -2.13. The van der Waals surface area contributed by atoms with E-state index in [-0.39, 0.29) is 28.1 Å². The number of fused-ring (bicyclic) bond motifs is 1. The molecule has 2 aromatic carbocycles. The molecular formula is C27H20ClF3N2O5S. The molecule has 39 heavy (non-hydrogen) atoms. The second kappa shape index (κ2) is 11.4. The van der Waals surface area contributed by atoms with Crippen molar-refractivity contribution < 1.29 is 32.2 Å². The first-order valence-corrected chi connectivity index (χ1v) is 12.6. The van der Waals surface area contributed by atoms with E-state index in [2.05, 4.69) is 10.9 Å². The molecule has 202 valence electrons. The van der Waals surface area contributed by atoms with Gasteiger partial charge in [-0.25, -0.2) is 9.79 Å². The molecule has 1 aromatic heterocycles. The fourth-order valence-corrected chi connectivity index (χ4v) is 5.09. The van der Waals surface area contributed by atoms with Crippen molar-refractivity contribution in [1.29, 1.82) is 0 Å². The summed E-state index contributed by atoms with van der Waals surface area (Å²) in [6, 6.07) is 9.17. The largest absolute Gasteiger partial charge is 0.493 e. The molecule has 2 heterocycles. The molecule has 1 aliphatic rings. The molecule has 0 bridgehead atoms. The Morgan fingerprint density at radius 3 is 2.56 bits per heavy atom. The van der Waals surface area contributed by atoms with Gasteiger partial charge in [-0.1, -0.05) is 47.1 Å². The quantitative estimate of drug-likeness (QED) is 0.314. The van der Waals surface area contributed by atoms with Gasteiger partial charge in [-0.3, -0.25) is 9.36 Å². The molecule has 7 nitrogen and oxygen atoms in total.